The predicted octanol–water partition coefficient (Wildman–Crippen LogP) is 2.13. The molecule has 0 radical (unpaired) electrons. The Labute approximate surface area is 86.0 Å². The minimum atomic E-state index is -2.73. The number of nitrogens with two attached hydrogens (primary N) is 1. The second kappa shape index (κ2) is 3.90. The van der Waals surface area contributed by atoms with Gasteiger partial charge >= 0.3 is 0 Å². The van der Waals surface area contributed by atoms with E-state index < -0.39 is 12.3 Å². The van der Waals surface area contributed by atoms with Gasteiger partial charge in [0.25, 0.3) is 0 Å². The van der Waals surface area contributed by atoms with Crippen molar-refractivity contribution in [3.05, 3.63) is 33.8 Å². The number of ketones is 1. The van der Waals surface area contributed by atoms with Gasteiger partial charge < -0.3 is 5.72 Å². The number of Topliss-reactive ketones (excluding diaryl/α,β-unsaturated/α-hetero) is 1. The molecule has 0 aromatic heterocycles. The van der Waals surface area contributed by atoms with Crippen LogP contribution < -0.4 is 5.72 Å². The molecule has 0 aliphatic heterocycles. The van der Waals surface area contributed by atoms with Crippen LogP contribution in [-0.2, 0) is 0 Å². The highest BCUT2D eigenvalue weighted by Crippen LogP contribution is 2.22. The second-order valence-electron chi connectivity index (χ2n) is 2.07. The summed E-state index contributed by atoms with van der Waals surface area (Å²) in [6.45, 7) is -2.73. The topological polar surface area (TPSA) is 43.1 Å². The van der Waals surface area contributed by atoms with Crippen LogP contribution in [0.15, 0.2) is 18.2 Å². The van der Waals surface area contributed by atoms with Crippen LogP contribution >= 0.6 is 23.2 Å². The maximum Gasteiger partial charge on any atom is 0.176 e. The Kier molecular flexibility index (Phi) is 1.70. The van der Waals surface area contributed by atoms with Crippen molar-refractivity contribution in [2.24, 2.45) is 5.72 Å². The van der Waals surface area contributed by atoms with E-state index in [2.05, 4.69) is 0 Å². The average molecular weight is 208 g/mol. The van der Waals surface area contributed by atoms with Gasteiger partial charge in [0.1, 0.15) is 2.82 Å². The highest BCUT2D eigenvalue weighted by atomic mass is 35.5. The fraction of sp³-hybridized carbons (Fsp3) is 0.125. The second-order valence-corrected chi connectivity index (χ2v) is 2.88. The Morgan fingerprint density at radius 1 is 1.58 bits per heavy atom. The molecule has 2 nitrogen and oxygen atoms in total. The van der Waals surface area contributed by atoms with Crippen LogP contribution in [0.4, 0.5) is 0 Å². The molecule has 0 atom stereocenters. The molecule has 0 aliphatic carbocycles. The molecular formula is C8H7Cl2NO. The molecule has 1 aromatic carbocycles. The van der Waals surface area contributed by atoms with Crippen molar-refractivity contribution in [2.75, 3.05) is 6.50 Å². The van der Waals surface area contributed by atoms with Gasteiger partial charge in [-0.2, -0.15) is 0 Å². The van der Waals surface area contributed by atoms with Gasteiger partial charge in [-0.1, -0.05) is 23.2 Å². The summed E-state index contributed by atoms with van der Waals surface area (Å²) in [6.07, 6.45) is 0. The summed E-state index contributed by atoms with van der Waals surface area (Å²) in [5, 5.41) is 0.359. The van der Waals surface area contributed by atoms with Crippen LogP contribution in [0.1, 0.15) is 13.1 Å². The molecule has 0 saturated heterocycles. The highest BCUT2D eigenvalue weighted by Gasteiger charge is 2.05. The number of rotatable bonds is 3. The molecule has 0 bridgehead atoms. The predicted molar refractivity (Wildman–Crippen MR) is 49.8 cm³/mol. The summed E-state index contributed by atoms with van der Waals surface area (Å²) in [4.78, 5) is 11.6. The van der Waals surface area contributed by atoms with Crippen molar-refractivity contribution < 1.29 is 10.4 Å². The molecule has 4 heteroatoms. The van der Waals surface area contributed by atoms with Crippen LogP contribution in [0.2, 0.25) is 12.9 Å². The smallest absolute Gasteiger partial charge is 0.176 e. The number of carbonyl (C=O) groups is 1. The van der Waals surface area contributed by atoms with E-state index in [0.29, 0.717) is 0 Å². The minimum Gasteiger partial charge on any atom is -0.324 e. The van der Waals surface area contributed by atoms with Crippen LogP contribution in [0, 0.1) is 0 Å². The lowest BCUT2D eigenvalue weighted by atomic mass is 10.1. The first-order chi connectivity index (χ1) is 7.26. The Morgan fingerprint density at radius 2 is 2.33 bits per heavy atom. The van der Waals surface area contributed by atoms with Crippen molar-refractivity contribution in [1.82, 2.24) is 0 Å². The van der Waals surface area contributed by atoms with Crippen molar-refractivity contribution in [3.8, 4) is 0 Å². The van der Waals surface area contributed by atoms with E-state index in [0.717, 1.165) is 0 Å². The molecule has 1 aromatic rings. The van der Waals surface area contributed by atoms with Gasteiger partial charge in [0.05, 0.1) is 19.3 Å². The van der Waals surface area contributed by atoms with Crippen molar-refractivity contribution >= 4 is 29.0 Å². The fourth-order valence-electron chi connectivity index (χ4n) is 0.702. The third-order valence-electron chi connectivity index (χ3n) is 1.28. The quantitative estimate of drug-likeness (QED) is 0.773. The summed E-state index contributed by atoms with van der Waals surface area (Å²) in [5.41, 5.74) is -0.332. The maximum atomic E-state index is 11.6. The van der Waals surface area contributed by atoms with Crippen LogP contribution in [-0.4, -0.2) is 12.3 Å². The van der Waals surface area contributed by atoms with Gasteiger partial charge in [-0.3, -0.25) is 4.79 Å². The molecule has 0 amide bonds. The lowest BCUT2D eigenvalue weighted by molar-refractivity contribution is 0.100. The zero-order valence-corrected chi connectivity index (χ0v) is 7.36. The number of halogens is 2. The summed E-state index contributed by atoms with van der Waals surface area (Å²) in [7, 11) is 0. The first-order valence-electron chi connectivity index (χ1n) is 4.94. The summed E-state index contributed by atoms with van der Waals surface area (Å²) < 4.78 is 28.1. The molecular weight excluding hydrogens is 197 g/mol. The largest absolute Gasteiger partial charge is 0.324 e. The maximum absolute atomic E-state index is 11.6. The normalized spacial score (nSPS) is 16.2. The van der Waals surface area contributed by atoms with Crippen LogP contribution in [0.25, 0.3) is 0 Å². The van der Waals surface area contributed by atoms with Gasteiger partial charge in [-0.25, -0.2) is 0 Å². The third-order valence-corrected chi connectivity index (χ3v) is 2.02. The number of carbonyl (C=O) groups excluding carboxylic acids is 1. The van der Waals surface area contributed by atoms with E-state index in [9.17, 15) is 4.79 Å². The van der Waals surface area contributed by atoms with Gasteiger partial charge in [0.2, 0.25) is 0 Å². The van der Waals surface area contributed by atoms with E-state index >= 15 is 0 Å². The first-order valence-corrected chi connectivity index (χ1v) is 3.80. The molecule has 1 rings (SSSR count). The van der Waals surface area contributed by atoms with Crippen LogP contribution in [0.3, 0.4) is 0 Å². The Morgan fingerprint density at radius 3 is 2.92 bits per heavy atom. The van der Waals surface area contributed by atoms with Crippen molar-refractivity contribution in [3.63, 3.8) is 0 Å². The van der Waals surface area contributed by atoms with Gasteiger partial charge in [-0.05, 0) is 18.2 Å². The monoisotopic (exact) mass is 207 g/mol. The standard InChI is InChI=1S/C8H7Cl2NO/c9-6-2-1-5(3-7(6)10)8(12)4-11/h1-3H,4,11H2/i4D2/hD2. The number of benzene rings is 1. The fourth-order valence-corrected chi connectivity index (χ4v) is 1.00. The number of hydrogen-bond donors (Lipinski definition) is 1. The minimum absolute atomic E-state index is 0.0381. The Balaban J connectivity index is 3.11. The zero-order chi connectivity index (χ0) is 12.5. The lowest BCUT2D eigenvalue weighted by Crippen LogP contribution is -2.13. The van der Waals surface area contributed by atoms with Gasteiger partial charge in [0.15, 0.2) is 5.78 Å². The molecule has 0 heterocycles. The average Bonchev–Trinajstić information content (AvgIpc) is 2.20. The van der Waals surface area contributed by atoms with Gasteiger partial charge in [-0.15, -0.1) is 0 Å². The zero-order valence-electron chi connectivity index (χ0n) is 9.84. The molecule has 0 saturated carbocycles. The van der Waals surface area contributed by atoms with E-state index in [4.69, 9.17) is 28.8 Å². The Hall–Kier alpha value is -0.570. The first kappa shape index (κ1) is 5.22. The lowest BCUT2D eigenvalue weighted by Gasteiger charge is -1.99. The molecule has 2 N–H and O–H groups in total. The molecule has 0 aliphatic rings. The Bertz CT molecular complexity index is 424. The molecule has 0 fully saturated rings. The number of hydrogen-bond acceptors (Lipinski definition) is 2. The van der Waals surface area contributed by atoms with Crippen LogP contribution in [0.5, 0.6) is 0 Å². The van der Waals surface area contributed by atoms with E-state index in [1.54, 1.807) is 0 Å². The molecule has 64 valence electrons. The molecule has 0 spiro atoms. The van der Waals surface area contributed by atoms with E-state index in [1.807, 2.05) is 0 Å². The molecule has 12 heavy (non-hydrogen) atoms. The van der Waals surface area contributed by atoms with Crippen molar-refractivity contribution in [2.45, 2.75) is 0 Å². The summed E-state index contributed by atoms with van der Waals surface area (Å²) >= 11 is 11.3. The third kappa shape index (κ3) is 1.97. The van der Waals surface area contributed by atoms with E-state index in [-0.39, 0.29) is 21.3 Å². The highest BCUT2D eigenvalue weighted by molar-refractivity contribution is 6.42. The van der Waals surface area contributed by atoms with Gasteiger partial charge in [0, 0.05) is 5.56 Å². The summed E-state index contributed by atoms with van der Waals surface area (Å²) in [6, 6.07) is 3.84. The van der Waals surface area contributed by atoms with E-state index in [1.165, 1.54) is 18.2 Å². The molecule has 0 unspecified atom stereocenters. The van der Waals surface area contributed by atoms with Crippen molar-refractivity contribution in [1.29, 1.82) is 0 Å². The summed E-state index contributed by atoms with van der Waals surface area (Å²) in [5.74, 6) is -1.02. The SMILES string of the molecule is [2H]N([2H])C([2H])([2H])C(=O)c1ccc(Cl)c(Cl)c1.